The molecule has 11 heteroatoms. The highest BCUT2D eigenvalue weighted by atomic mass is 35.5. The zero-order valence-corrected chi connectivity index (χ0v) is 25.2. The van der Waals surface area contributed by atoms with Crippen molar-refractivity contribution in [1.82, 2.24) is 30.4 Å². The number of carbonyl (C=O) groups is 1. The van der Waals surface area contributed by atoms with E-state index in [9.17, 15) is 4.79 Å². The third kappa shape index (κ3) is 7.16. The number of halogens is 1. The predicted molar refractivity (Wildman–Crippen MR) is 159 cm³/mol. The fourth-order valence-electron chi connectivity index (χ4n) is 7.16. The van der Waals surface area contributed by atoms with E-state index >= 15 is 0 Å². The maximum atomic E-state index is 13.9. The highest BCUT2D eigenvalue weighted by molar-refractivity contribution is 6.34. The summed E-state index contributed by atoms with van der Waals surface area (Å²) in [6.07, 6.45) is 7.33. The minimum Gasteiger partial charge on any atom is -0.377 e. The number of amidine groups is 1. The molecule has 3 aliphatic heterocycles. The molecule has 0 spiro atoms. The van der Waals surface area contributed by atoms with E-state index in [4.69, 9.17) is 32.5 Å². The average Bonchev–Trinajstić information content (AvgIpc) is 2.90. The molecule has 4 rings (SSSR count). The normalized spacial score (nSPS) is 32.5. The zero-order valence-electron chi connectivity index (χ0n) is 24.4. The summed E-state index contributed by atoms with van der Waals surface area (Å²) in [6.45, 7) is 6.64. The van der Waals surface area contributed by atoms with Crippen molar-refractivity contribution in [2.45, 2.75) is 93.6 Å². The molecule has 1 aliphatic carbocycles. The van der Waals surface area contributed by atoms with Crippen molar-refractivity contribution in [3.63, 3.8) is 0 Å². The SMILES string of the molecule is CCC1CCCCC2NC(C(C(=O)NC3CNCCC3N3CCC(CN(C)C)(OC)CC3)C(N)N)=[N+]=C1C2Cl. The highest BCUT2D eigenvalue weighted by Crippen LogP contribution is 2.30. The van der Waals surface area contributed by atoms with Gasteiger partial charge in [-0.05, 0) is 65.6 Å². The molecule has 0 aromatic rings. The van der Waals surface area contributed by atoms with Gasteiger partial charge in [-0.15, -0.1) is 11.6 Å². The van der Waals surface area contributed by atoms with Crippen molar-refractivity contribution in [3.05, 3.63) is 0 Å². The van der Waals surface area contributed by atoms with E-state index < -0.39 is 12.1 Å². The number of hydrogen-bond donors (Lipinski definition) is 5. The third-order valence-electron chi connectivity index (χ3n) is 9.40. The van der Waals surface area contributed by atoms with Gasteiger partial charge >= 0.3 is 5.84 Å². The molecule has 3 fully saturated rings. The highest BCUT2D eigenvalue weighted by Gasteiger charge is 2.47. The van der Waals surface area contributed by atoms with Crippen LogP contribution in [0.2, 0.25) is 0 Å². The number of nitrogens with zero attached hydrogens (tertiary/aromatic N) is 3. The van der Waals surface area contributed by atoms with Gasteiger partial charge in [0.1, 0.15) is 11.4 Å². The zero-order chi connectivity index (χ0) is 28.2. The maximum Gasteiger partial charge on any atom is 0.358 e. The molecule has 10 nitrogen and oxygen atoms in total. The second kappa shape index (κ2) is 13.6. The molecule has 6 unspecified atom stereocenters. The number of likely N-dealkylation sites (tertiary alicyclic amines) is 1. The largest absolute Gasteiger partial charge is 0.377 e. The molecule has 2 saturated heterocycles. The molecule has 4 aliphatic rings. The number of amides is 1. The van der Waals surface area contributed by atoms with E-state index in [1.807, 2.05) is 7.11 Å². The van der Waals surface area contributed by atoms with Crippen LogP contribution in [0.3, 0.4) is 0 Å². The number of alkyl halides is 1. The Kier molecular flexibility index (Phi) is 10.7. The lowest BCUT2D eigenvalue weighted by Gasteiger charge is -2.47. The first-order valence-electron chi connectivity index (χ1n) is 15.0. The van der Waals surface area contributed by atoms with Gasteiger partial charge in [-0.3, -0.25) is 15.0 Å². The van der Waals surface area contributed by atoms with Gasteiger partial charge in [0.25, 0.3) is 0 Å². The Morgan fingerprint density at radius 3 is 2.62 bits per heavy atom. The van der Waals surface area contributed by atoms with E-state index in [1.165, 1.54) is 6.42 Å². The molecule has 1 saturated carbocycles. The quantitative estimate of drug-likeness (QED) is 0.147. The first-order chi connectivity index (χ1) is 18.7. The number of hydrogen-bond acceptors (Lipinski definition) is 8. The Hall–Kier alpha value is -1.23. The van der Waals surface area contributed by atoms with Crippen LogP contribution in [0.5, 0.6) is 0 Å². The van der Waals surface area contributed by atoms with Crippen LogP contribution in [0.1, 0.15) is 58.3 Å². The van der Waals surface area contributed by atoms with Crippen molar-refractivity contribution in [1.29, 1.82) is 0 Å². The fraction of sp³-hybridized carbons (Fsp3) is 0.893. The second-order valence-corrected chi connectivity index (χ2v) is 12.8. The van der Waals surface area contributed by atoms with E-state index in [-0.39, 0.29) is 35.0 Å². The first kappa shape index (κ1) is 30.7. The van der Waals surface area contributed by atoms with Crippen molar-refractivity contribution in [3.8, 4) is 0 Å². The minimum absolute atomic E-state index is 0.0390. The molecule has 1 amide bonds. The van der Waals surface area contributed by atoms with Gasteiger partial charge in [-0.25, -0.2) is 4.67 Å². The Labute approximate surface area is 239 Å². The van der Waals surface area contributed by atoms with Crippen molar-refractivity contribution in [2.24, 2.45) is 23.3 Å². The number of likely N-dealkylation sites (N-methyl/N-ethyl adjacent to an activating group) is 1. The Morgan fingerprint density at radius 2 is 1.97 bits per heavy atom. The fourth-order valence-corrected chi connectivity index (χ4v) is 7.58. The van der Waals surface area contributed by atoms with Gasteiger partial charge in [0.2, 0.25) is 11.6 Å². The molecule has 222 valence electrons. The number of methoxy groups -OCH3 is 1. The number of rotatable bonds is 9. The van der Waals surface area contributed by atoms with Crippen LogP contribution < -0.4 is 32.1 Å². The van der Waals surface area contributed by atoms with Crippen molar-refractivity contribution < 1.29 is 9.53 Å². The van der Waals surface area contributed by atoms with Crippen LogP contribution in [0.25, 0.3) is 0 Å². The Balaban J connectivity index is 1.50. The summed E-state index contributed by atoms with van der Waals surface area (Å²) in [6, 6.07) is 0.249. The third-order valence-corrected chi connectivity index (χ3v) is 9.93. The summed E-state index contributed by atoms with van der Waals surface area (Å²) in [5, 5.41) is 10.1. The molecular formula is C28H52ClN8O2+. The van der Waals surface area contributed by atoms with Crippen LogP contribution >= 0.6 is 11.6 Å². The summed E-state index contributed by atoms with van der Waals surface area (Å²) in [5.41, 5.74) is 13.4. The smallest absolute Gasteiger partial charge is 0.358 e. The van der Waals surface area contributed by atoms with Crippen LogP contribution in [-0.2, 0) is 9.53 Å². The number of fused-ring (bicyclic) bond motifs is 2. The summed E-state index contributed by atoms with van der Waals surface area (Å²) in [7, 11) is 6.02. The molecule has 6 atom stereocenters. The van der Waals surface area contributed by atoms with E-state index in [1.54, 1.807) is 0 Å². The summed E-state index contributed by atoms with van der Waals surface area (Å²) >= 11 is 6.89. The Bertz CT molecular complexity index is 900. The maximum absolute atomic E-state index is 13.9. The lowest BCUT2D eigenvalue weighted by molar-refractivity contribution is -0.125. The number of piperidine rings is 2. The van der Waals surface area contributed by atoms with E-state index in [2.05, 4.69) is 46.8 Å². The first-order valence-corrected chi connectivity index (χ1v) is 15.4. The van der Waals surface area contributed by atoms with Gasteiger partial charge in [-0.1, -0.05) is 13.3 Å². The van der Waals surface area contributed by atoms with Crippen LogP contribution in [0.4, 0.5) is 0 Å². The topological polar surface area (TPSA) is 135 Å². The molecule has 39 heavy (non-hydrogen) atoms. The molecular weight excluding hydrogens is 516 g/mol. The number of ether oxygens (including phenoxy) is 1. The number of nitrogens with one attached hydrogen (secondary N) is 3. The number of carbonyl (C=O) groups excluding carboxylic acids is 1. The van der Waals surface area contributed by atoms with Gasteiger partial charge in [0, 0.05) is 45.2 Å². The predicted octanol–water partition coefficient (Wildman–Crippen LogP) is -0.178. The lowest BCUT2D eigenvalue weighted by atomic mass is 9.84. The summed E-state index contributed by atoms with van der Waals surface area (Å²) in [4.78, 5) is 18.6. The summed E-state index contributed by atoms with van der Waals surface area (Å²) < 4.78 is 11.0. The van der Waals surface area contributed by atoms with Crippen LogP contribution in [0.15, 0.2) is 0 Å². The van der Waals surface area contributed by atoms with E-state index in [0.29, 0.717) is 18.3 Å². The molecule has 0 radical (unpaired) electrons. The second-order valence-electron chi connectivity index (χ2n) is 12.4. The Morgan fingerprint density at radius 1 is 1.26 bits per heavy atom. The average molecular weight is 568 g/mol. The molecule has 0 aromatic carbocycles. The monoisotopic (exact) mass is 567 g/mol. The van der Waals surface area contributed by atoms with E-state index in [0.717, 1.165) is 76.8 Å². The molecule has 0 aromatic heterocycles. The van der Waals surface area contributed by atoms with Crippen LogP contribution in [0, 0.1) is 11.8 Å². The van der Waals surface area contributed by atoms with Crippen molar-refractivity contribution in [2.75, 3.05) is 53.9 Å². The van der Waals surface area contributed by atoms with Crippen molar-refractivity contribution >= 4 is 29.1 Å². The van der Waals surface area contributed by atoms with Gasteiger partial charge in [0.05, 0.1) is 17.8 Å². The molecule has 7 N–H and O–H groups in total. The van der Waals surface area contributed by atoms with Crippen LogP contribution in [-0.4, -0.2) is 116 Å². The van der Waals surface area contributed by atoms with Gasteiger partial charge < -0.3 is 31.7 Å². The standard InChI is InChI=1S/C28H51ClN8O2/c1-5-18-8-6-7-9-19-23(29)24(18)35-26(33-19)22(25(30)31)27(38)34-20-16-32-13-10-21(20)37-14-11-28(39-4,12-15-37)17-36(2)3/h18-23,25,32H,5-17,30-31H2,1-4H3,(H,34,38)/p+1. The minimum atomic E-state index is -0.869. The van der Waals surface area contributed by atoms with Gasteiger partial charge in [-0.2, -0.15) is 0 Å². The molecule has 2 bridgehead atoms. The van der Waals surface area contributed by atoms with Gasteiger partial charge in [0.15, 0.2) is 5.92 Å². The number of nitrogens with two attached hydrogens (primary N) is 2. The lowest BCUT2D eigenvalue weighted by Crippen LogP contribution is -2.66. The summed E-state index contributed by atoms with van der Waals surface area (Å²) in [5.74, 6) is -0.0229. The molecule has 3 heterocycles.